The molecule has 0 aliphatic heterocycles. The highest BCUT2D eigenvalue weighted by molar-refractivity contribution is 6.25. The maximum atomic E-state index is 4.28. The Labute approximate surface area is 138 Å². The molecule has 112 valence electrons. The minimum absolute atomic E-state index is 0.698. The van der Waals surface area contributed by atoms with Crippen LogP contribution in [0.1, 0.15) is 0 Å². The first-order chi connectivity index (χ1) is 11.9. The molecule has 0 unspecified atom stereocenters. The second kappa shape index (κ2) is 5.10. The van der Waals surface area contributed by atoms with Crippen LogP contribution in [0.5, 0.6) is 0 Å². The summed E-state index contributed by atoms with van der Waals surface area (Å²) in [4.78, 5) is 12.5. The van der Waals surface area contributed by atoms with E-state index in [4.69, 9.17) is 0 Å². The second-order valence-corrected chi connectivity index (χ2v) is 5.81. The molecule has 1 heterocycles. The Morgan fingerprint density at radius 3 is 1.58 bits per heavy atom. The Morgan fingerprint density at radius 1 is 0.500 bits per heavy atom. The highest BCUT2D eigenvalue weighted by Crippen LogP contribution is 2.36. The molecule has 3 nitrogen and oxygen atoms in total. The molecule has 5 rings (SSSR count). The van der Waals surface area contributed by atoms with Gasteiger partial charge in [-0.25, -0.2) is 15.0 Å². The fourth-order valence-corrected chi connectivity index (χ4v) is 3.44. The van der Waals surface area contributed by atoms with Gasteiger partial charge >= 0.3 is 0 Å². The van der Waals surface area contributed by atoms with Crippen molar-refractivity contribution in [3.8, 4) is 11.4 Å². The first-order valence-electron chi connectivity index (χ1n) is 7.87. The van der Waals surface area contributed by atoms with Crippen LogP contribution in [0.2, 0.25) is 0 Å². The molecule has 0 bridgehead atoms. The van der Waals surface area contributed by atoms with E-state index in [-0.39, 0.29) is 0 Å². The van der Waals surface area contributed by atoms with Crippen LogP contribution in [0.15, 0.2) is 79.4 Å². The van der Waals surface area contributed by atoms with Crippen molar-refractivity contribution < 1.29 is 0 Å². The van der Waals surface area contributed by atoms with Crippen molar-refractivity contribution in [2.24, 2.45) is 0 Å². The van der Waals surface area contributed by atoms with E-state index in [1.54, 1.807) is 0 Å². The Morgan fingerprint density at radius 2 is 1.00 bits per heavy atom. The van der Waals surface area contributed by atoms with Gasteiger partial charge in [0.05, 0.1) is 0 Å². The standard InChI is InChI=1S/C21H13N3/c1-2-7-17-15(5-1)16-6-3-4-8-18(16)20-11-14(9-10-19(17)20)21-23-12-22-13-24-21/h1-13H. The maximum Gasteiger partial charge on any atom is 0.162 e. The predicted octanol–water partition coefficient (Wildman–Crippen LogP) is 5.00. The van der Waals surface area contributed by atoms with Gasteiger partial charge in [0.25, 0.3) is 0 Å². The molecule has 0 spiro atoms. The van der Waals surface area contributed by atoms with Gasteiger partial charge in [-0.3, -0.25) is 0 Å². The molecule has 0 amide bonds. The molecular weight excluding hydrogens is 294 g/mol. The summed E-state index contributed by atoms with van der Waals surface area (Å²) in [5.41, 5.74) is 1.00. The first-order valence-corrected chi connectivity index (χ1v) is 7.87. The number of rotatable bonds is 1. The number of aromatic nitrogens is 3. The quantitative estimate of drug-likeness (QED) is 0.409. The third-order valence-electron chi connectivity index (χ3n) is 4.50. The Balaban J connectivity index is 1.96. The molecule has 0 saturated heterocycles. The van der Waals surface area contributed by atoms with Crippen molar-refractivity contribution >= 4 is 32.3 Å². The summed E-state index contributed by atoms with van der Waals surface area (Å²) in [5.74, 6) is 0.698. The van der Waals surface area contributed by atoms with Crippen molar-refractivity contribution in [3.05, 3.63) is 79.4 Å². The topological polar surface area (TPSA) is 38.7 Å². The zero-order valence-corrected chi connectivity index (χ0v) is 12.8. The summed E-state index contributed by atoms with van der Waals surface area (Å²) >= 11 is 0. The van der Waals surface area contributed by atoms with Gasteiger partial charge in [0.15, 0.2) is 5.82 Å². The normalized spacial score (nSPS) is 11.3. The maximum absolute atomic E-state index is 4.28. The monoisotopic (exact) mass is 307 g/mol. The lowest BCUT2D eigenvalue weighted by molar-refractivity contribution is 1.06. The first kappa shape index (κ1) is 13.1. The lowest BCUT2D eigenvalue weighted by Gasteiger charge is -2.11. The summed E-state index contributed by atoms with van der Waals surface area (Å²) in [6.07, 6.45) is 3.07. The van der Waals surface area contributed by atoms with Gasteiger partial charge < -0.3 is 0 Å². The van der Waals surface area contributed by atoms with E-state index in [0.29, 0.717) is 5.82 Å². The molecule has 1 aromatic heterocycles. The molecule has 3 heteroatoms. The van der Waals surface area contributed by atoms with Gasteiger partial charge in [0, 0.05) is 5.56 Å². The van der Waals surface area contributed by atoms with Gasteiger partial charge in [-0.1, -0.05) is 60.7 Å². The van der Waals surface area contributed by atoms with Crippen molar-refractivity contribution in [2.75, 3.05) is 0 Å². The molecule has 0 aliphatic carbocycles. The van der Waals surface area contributed by atoms with Crippen LogP contribution >= 0.6 is 0 Å². The SMILES string of the molecule is c1ccc2c(c1)c1ccccc1c1cc(-c3ncncn3)ccc21. The number of hydrogen-bond donors (Lipinski definition) is 0. The Kier molecular flexibility index (Phi) is 2.79. The van der Waals surface area contributed by atoms with Crippen LogP contribution < -0.4 is 0 Å². The molecule has 0 saturated carbocycles. The number of benzene rings is 4. The Bertz CT molecular complexity index is 1160. The van der Waals surface area contributed by atoms with Crippen LogP contribution in [0.4, 0.5) is 0 Å². The molecule has 24 heavy (non-hydrogen) atoms. The average molecular weight is 307 g/mol. The summed E-state index contributed by atoms with van der Waals surface area (Å²) in [6, 6.07) is 23.6. The lowest BCUT2D eigenvalue weighted by Crippen LogP contribution is -1.90. The summed E-state index contributed by atoms with van der Waals surface area (Å²) < 4.78 is 0. The van der Waals surface area contributed by atoms with E-state index in [2.05, 4.69) is 81.7 Å². The molecule has 0 N–H and O–H groups in total. The van der Waals surface area contributed by atoms with E-state index in [9.17, 15) is 0 Å². The van der Waals surface area contributed by atoms with Crippen molar-refractivity contribution in [1.29, 1.82) is 0 Å². The molecule has 0 fully saturated rings. The summed E-state index contributed by atoms with van der Waals surface area (Å²) in [7, 11) is 0. The Hall–Kier alpha value is -3.33. The van der Waals surface area contributed by atoms with Gasteiger partial charge in [-0.15, -0.1) is 0 Å². The van der Waals surface area contributed by atoms with E-state index in [1.165, 1.54) is 45.0 Å². The number of hydrogen-bond acceptors (Lipinski definition) is 3. The van der Waals surface area contributed by atoms with Gasteiger partial charge in [-0.05, 0) is 38.4 Å². The fraction of sp³-hybridized carbons (Fsp3) is 0. The molecule has 4 aromatic carbocycles. The lowest BCUT2D eigenvalue weighted by atomic mass is 9.93. The second-order valence-electron chi connectivity index (χ2n) is 5.81. The zero-order chi connectivity index (χ0) is 15.9. The minimum Gasteiger partial charge on any atom is -0.225 e. The van der Waals surface area contributed by atoms with Gasteiger partial charge in [0.2, 0.25) is 0 Å². The molecule has 5 aromatic rings. The largest absolute Gasteiger partial charge is 0.225 e. The van der Waals surface area contributed by atoms with Crippen LogP contribution in [-0.2, 0) is 0 Å². The van der Waals surface area contributed by atoms with Crippen LogP contribution in [0.25, 0.3) is 43.7 Å². The molecule has 0 radical (unpaired) electrons. The molecule has 0 aliphatic rings. The highest BCUT2D eigenvalue weighted by atomic mass is 15.0. The van der Waals surface area contributed by atoms with E-state index >= 15 is 0 Å². The van der Waals surface area contributed by atoms with Crippen molar-refractivity contribution in [3.63, 3.8) is 0 Å². The van der Waals surface area contributed by atoms with E-state index in [1.807, 2.05) is 0 Å². The molecular formula is C21H13N3. The summed E-state index contributed by atoms with van der Waals surface area (Å²) in [6.45, 7) is 0. The van der Waals surface area contributed by atoms with E-state index in [0.717, 1.165) is 5.56 Å². The minimum atomic E-state index is 0.698. The van der Waals surface area contributed by atoms with Crippen molar-refractivity contribution in [2.45, 2.75) is 0 Å². The fourth-order valence-electron chi connectivity index (χ4n) is 3.44. The zero-order valence-electron chi connectivity index (χ0n) is 12.8. The van der Waals surface area contributed by atoms with E-state index < -0.39 is 0 Å². The van der Waals surface area contributed by atoms with Crippen LogP contribution in [-0.4, -0.2) is 15.0 Å². The highest BCUT2D eigenvalue weighted by Gasteiger charge is 2.09. The van der Waals surface area contributed by atoms with Gasteiger partial charge in [-0.2, -0.15) is 0 Å². The average Bonchev–Trinajstić information content (AvgIpc) is 2.68. The number of nitrogens with zero attached hydrogens (tertiary/aromatic N) is 3. The number of fused-ring (bicyclic) bond motifs is 6. The summed E-state index contributed by atoms with van der Waals surface area (Å²) in [5, 5.41) is 7.56. The van der Waals surface area contributed by atoms with Gasteiger partial charge in [0.1, 0.15) is 12.7 Å². The molecule has 0 atom stereocenters. The predicted molar refractivity (Wildman–Crippen MR) is 97.8 cm³/mol. The van der Waals surface area contributed by atoms with Crippen LogP contribution in [0, 0.1) is 0 Å². The third-order valence-corrected chi connectivity index (χ3v) is 4.50. The smallest absolute Gasteiger partial charge is 0.162 e. The third kappa shape index (κ3) is 1.88. The van der Waals surface area contributed by atoms with Crippen molar-refractivity contribution in [1.82, 2.24) is 15.0 Å². The van der Waals surface area contributed by atoms with Crippen LogP contribution in [0.3, 0.4) is 0 Å².